The molecule has 4 heteroatoms. The van der Waals surface area contributed by atoms with E-state index in [1.54, 1.807) is 0 Å². The van der Waals surface area contributed by atoms with Gasteiger partial charge in [0, 0.05) is 12.8 Å². The van der Waals surface area contributed by atoms with Gasteiger partial charge in [-0.25, -0.2) is 4.79 Å². The number of amides is 1. The van der Waals surface area contributed by atoms with Crippen LogP contribution in [0.5, 0.6) is 0 Å². The average molecular weight is 379 g/mol. The molecule has 148 valence electrons. The van der Waals surface area contributed by atoms with Gasteiger partial charge in [-0.15, -0.1) is 0 Å². The first-order valence-corrected chi connectivity index (χ1v) is 10.0. The van der Waals surface area contributed by atoms with Crippen LogP contribution in [0.15, 0.2) is 65.7 Å². The zero-order valence-corrected chi connectivity index (χ0v) is 17.0. The average Bonchev–Trinajstić information content (AvgIpc) is 2.68. The van der Waals surface area contributed by atoms with Crippen LogP contribution in [0.3, 0.4) is 0 Å². The summed E-state index contributed by atoms with van der Waals surface area (Å²) in [4.78, 5) is 19.3. The molecule has 28 heavy (non-hydrogen) atoms. The van der Waals surface area contributed by atoms with E-state index < -0.39 is 5.60 Å². The second-order valence-corrected chi connectivity index (χ2v) is 8.36. The SMILES string of the molecule is CC(C)(C)OC(=O)N1CCC(/C=N\Cc2ccccc2)C[C@@H]1c1ccccc1. The highest BCUT2D eigenvalue weighted by Gasteiger charge is 2.34. The molecule has 2 atom stereocenters. The molecule has 0 aliphatic carbocycles. The third-order valence-corrected chi connectivity index (χ3v) is 4.89. The molecule has 0 saturated carbocycles. The Morgan fingerprint density at radius 2 is 1.75 bits per heavy atom. The van der Waals surface area contributed by atoms with E-state index in [-0.39, 0.29) is 12.1 Å². The Bertz CT molecular complexity index is 781. The lowest BCUT2D eigenvalue weighted by atomic mass is 9.88. The molecule has 2 aromatic rings. The van der Waals surface area contributed by atoms with E-state index in [2.05, 4.69) is 35.5 Å². The van der Waals surface area contributed by atoms with Crippen LogP contribution < -0.4 is 0 Å². The van der Waals surface area contributed by atoms with Gasteiger partial charge in [-0.1, -0.05) is 60.7 Å². The van der Waals surface area contributed by atoms with Gasteiger partial charge >= 0.3 is 6.09 Å². The summed E-state index contributed by atoms with van der Waals surface area (Å²) in [6, 6.07) is 20.5. The Labute approximate surface area is 168 Å². The first-order chi connectivity index (χ1) is 13.4. The fourth-order valence-electron chi connectivity index (χ4n) is 3.55. The topological polar surface area (TPSA) is 41.9 Å². The van der Waals surface area contributed by atoms with Gasteiger partial charge in [0.25, 0.3) is 0 Å². The Morgan fingerprint density at radius 1 is 1.11 bits per heavy atom. The van der Waals surface area contributed by atoms with Gasteiger partial charge in [-0.05, 0) is 50.7 Å². The molecule has 1 fully saturated rings. The van der Waals surface area contributed by atoms with E-state index >= 15 is 0 Å². The number of nitrogens with zero attached hydrogens (tertiary/aromatic N) is 2. The van der Waals surface area contributed by atoms with Gasteiger partial charge in [0.15, 0.2) is 0 Å². The van der Waals surface area contributed by atoms with Crippen LogP contribution in [-0.2, 0) is 11.3 Å². The van der Waals surface area contributed by atoms with Crippen molar-refractivity contribution in [3.05, 3.63) is 71.8 Å². The normalized spacial score (nSPS) is 20.3. The van der Waals surface area contributed by atoms with Crippen molar-refractivity contribution in [1.29, 1.82) is 0 Å². The van der Waals surface area contributed by atoms with E-state index in [1.165, 1.54) is 5.56 Å². The molecule has 2 aromatic carbocycles. The van der Waals surface area contributed by atoms with Crippen molar-refractivity contribution >= 4 is 12.3 Å². The van der Waals surface area contributed by atoms with Crippen molar-refractivity contribution in [2.75, 3.05) is 6.54 Å². The fraction of sp³-hybridized carbons (Fsp3) is 0.417. The monoisotopic (exact) mass is 378 g/mol. The van der Waals surface area contributed by atoms with Crippen LogP contribution in [0, 0.1) is 5.92 Å². The number of hydrogen-bond donors (Lipinski definition) is 0. The number of ether oxygens (including phenoxy) is 1. The summed E-state index contributed by atoms with van der Waals surface area (Å²) in [5.41, 5.74) is 1.87. The highest BCUT2D eigenvalue weighted by atomic mass is 16.6. The van der Waals surface area contributed by atoms with Crippen molar-refractivity contribution in [2.24, 2.45) is 10.9 Å². The number of piperidine rings is 1. The summed E-state index contributed by atoms with van der Waals surface area (Å²) in [5, 5.41) is 0. The van der Waals surface area contributed by atoms with Crippen LogP contribution in [-0.4, -0.2) is 29.4 Å². The maximum atomic E-state index is 12.8. The molecule has 1 heterocycles. The van der Waals surface area contributed by atoms with Crippen LogP contribution in [0.1, 0.15) is 50.8 Å². The summed E-state index contributed by atoms with van der Waals surface area (Å²) in [6.07, 6.45) is 3.61. The molecule has 1 aliphatic rings. The number of carbonyl (C=O) groups is 1. The minimum Gasteiger partial charge on any atom is -0.444 e. The van der Waals surface area contributed by atoms with Crippen LogP contribution in [0.4, 0.5) is 4.79 Å². The van der Waals surface area contributed by atoms with Crippen molar-refractivity contribution < 1.29 is 9.53 Å². The van der Waals surface area contributed by atoms with Gasteiger partial charge < -0.3 is 9.64 Å². The molecule has 0 radical (unpaired) electrons. The fourth-order valence-corrected chi connectivity index (χ4v) is 3.55. The van der Waals surface area contributed by atoms with Gasteiger partial charge in [-0.2, -0.15) is 0 Å². The summed E-state index contributed by atoms with van der Waals surface area (Å²) < 4.78 is 5.66. The molecule has 0 bridgehead atoms. The lowest BCUT2D eigenvalue weighted by molar-refractivity contribution is 0.00730. The Hall–Kier alpha value is -2.62. The van der Waals surface area contributed by atoms with E-state index in [0.717, 1.165) is 18.4 Å². The lowest BCUT2D eigenvalue weighted by Gasteiger charge is -2.39. The molecule has 0 N–H and O–H groups in total. The maximum absolute atomic E-state index is 12.8. The van der Waals surface area contributed by atoms with E-state index in [1.807, 2.05) is 62.1 Å². The first kappa shape index (κ1) is 20.1. The summed E-state index contributed by atoms with van der Waals surface area (Å²) >= 11 is 0. The van der Waals surface area contributed by atoms with Crippen LogP contribution in [0.2, 0.25) is 0 Å². The third kappa shape index (κ3) is 5.69. The van der Waals surface area contributed by atoms with Crippen molar-refractivity contribution in [1.82, 2.24) is 4.90 Å². The summed E-state index contributed by atoms with van der Waals surface area (Å²) in [6.45, 7) is 7.10. The van der Waals surface area contributed by atoms with Crippen molar-refractivity contribution in [3.8, 4) is 0 Å². The third-order valence-electron chi connectivity index (χ3n) is 4.89. The quantitative estimate of drug-likeness (QED) is 0.646. The zero-order valence-electron chi connectivity index (χ0n) is 17.0. The molecule has 1 aliphatic heterocycles. The molecule has 1 saturated heterocycles. The Kier molecular flexibility index (Phi) is 6.50. The Balaban J connectivity index is 1.71. The molecular weight excluding hydrogens is 348 g/mol. The van der Waals surface area contributed by atoms with Gasteiger partial charge in [0.2, 0.25) is 0 Å². The molecule has 4 nitrogen and oxygen atoms in total. The standard InChI is InChI=1S/C24H30N2O2/c1-24(2,3)28-23(27)26-15-14-20(16-22(26)21-12-8-5-9-13-21)18-25-17-19-10-6-4-7-11-19/h4-13,18,20,22H,14-17H2,1-3H3/b25-18-/t20?,22-/m1/s1. The molecule has 1 unspecified atom stereocenters. The van der Waals surface area contributed by atoms with Gasteiger partial charge in [-0.3, -0.25) is 4.99 Å². The molecular formula is C24H30N2O2. The predicted molar refractivity (Wildman–Crippen MR) is 113 cm³/mol. The number of aliphatic imine (C=N–C) groups is 1. The zero-order chi connectivity index (χ0) is 20.0. The maximum Gasteiger partial charge on any atom is 0.410 e. The van der Waals surface area contributed by atoms with Gasteiger partial charge in [0.1, 0.15) is 5.60 Å². The lowest BCUT2D eigenvalue weighted by Crippen LogP contribution is -2.44. The molecule has 3 rings (SSSR count). The number of likely N-dealkylation sites (tertiary alicyclic amines) is 1. The highest BCUT2D eigenvalue weighted by Crippen LogP contribution is 2.34. The van der Waals surface area contributed by atoms with Crippen LogP contribution >= 0.6 is 0 Å². The second kappa shape index (κ2) is 9.05. The smallest absolute Gasteiger partial charge is 0.410 e. The molecule has 0 aromatic heterocycles. The molecule has 1 amide bonds. The van der Waals surface area contributed by atoms with Crippen molar-refractivity contribution in [3.63, 3.8) is 0 Å². The number of benzene rings is 2. The number of rotatable bonds is 4. The largest absolute Gasteiger partial charge is 0.444 e. The first-order valence-electron chi connectivity index (χ1n) is 10.0. The highest BCUT2D eigenvalue weighted by molar-refractivity contribution is 5.70. The second-order valence-electron chi connectivity index (χ2n) is 8.36. The Morgan fingerprint density at radius 3 is 2.39 bits per heavy atom. The number of hydrogen-bond acceptors (Lipinski definition) is 3. The minimum absolute atomic E-state index is 0.0120. The summed E-state index contributed by atoms with van der Waals surface area (Å²) in [7, 11) is 0. The summed E-state index contributed by atoms with van der Waals surface area (Å²) in [5.74, 6) is 0.354. The predicted octanol–water partition coefficient (Wildman–Crippen LogP) is 5.65. The van der Waals surface area contributed by atoms with E-state index in [9.17, 15) is 4.79 Å². The van der Waals surface area contributed by atoms with E-state index in [4.69, 9.17) is 4.74 Å². The minimum atomic E-state index is -0.494. The van der Waals surface area contributed by atoms with Gasteiger partial charge in [0.05, 0.1) is 12.6 Å². The molecule has 0 spiro atoms. The van der Waals surface area contributed by atoms with Crippen LogP contribution in [0.25, 0.3) is 0 Å². The van der Waals surface area contributed by atoms with Crippen molar-refractivity contribution in [2.45, 2.75) is 51.8 Å². The number of carbonyl (C=O) groups excluding carboxylic acids is 1. The van der Waals surface area contributed by atoms with E-state index in [0.29, 0.717) is 19.0 Å².